The minimum absolute atomic E-state index is 0.000602. The van der Waals surface area contributed by atoms with Crippen molar-refractivity contribution in [1.82, 2.24) is 60.0 Å². The van der Waals surface area contributed by atoms with E-state index in [1.807, 2.05) is 13.8 Å². The van der Waals surface area contributed by atoms with Gasteiger partial charge in [-0.05, 0) is 164 Å². The molecule has 0 aromatic carbocycles. The topological polar surface area (TPSA) is 289 Å². The number of nitrogens with zero attached hydrogens (tertiary/aromatic N) is 9. The van der Waals surface area contributed by atoms with Crippen LogP contribution in [0, 0.1) is 47.3 Å². The highest BCUT2D eigenvalue weighted by Crippen LogP contribution is 2.46. The molecule has 4 saturated heterocycles. The van der Waals surface area contributed by atoms with Crippen LogP contribution in [0.1, 0.15) is 221 Å². The number of amides is 12. The summed E-state index contributed by atoms with van der Waals surface area (Å²) >= 11 is 0. The lowest BCUT2D eigenvalue weighted by Crippen LogP contribution is -2.68. The molecule has 9 aliphatic rings. The van der Waals surface area contributed by atoms with Crippen LogP contribution in [0.15, 0.2) is 0 Å². The highest BCUT2D eigenvalue weighted by atomic mass is 19.4. The summed E-state index contributed by atoms with van der Waals surface area (Å²) in [5.41, 5.74) is -1.70. The lowest BCUT2D eigenvalue weighted by atomic mass is 9.74. The number of nitrogens with one attached hydrogen (secondary N) is 3. The number of carbonyl (C=O) groups excluding carboxylic acids is 12. The Morgan fingerprint density at radius 1 is 0.581 bits per heavy atom. The predicted molar refractivity (Wildman–Crippen MR) is 415 cm³/mol. The van der Waals surface area contributed by atoms with Gasteiger partial charge < -0.3 is 69.5 Å². The fraction of sp³-hybridized carbons (Fsp3) is 0.855. The summed E-state index contributed by atoms with van der Waals surface area (Å²) in [5, 5.41) is 8.60. The van der Waals surface area contributed by atoms with Gasteiger partial charge in [0.1, 0.15) is 72.1 Å². The van der Waals surface area contributed by atoms with Crippen molar-refractivity contribution in [2.45, 2.75) is 305 Å². The van der Waals surface area contributed by atoms with E-state index in [0.717, 1.165) is 51.7 Å². The van der Waals surface area contributed by atoms with Gasteiger partial charge in [0.05, 0.1) is 44.7 Å². The summed E-state index contributed by atoms with van der Waals surface area (Å²) in [6.07, 6.45) is -10.7. The normalized spacial score (nSPS) is 32.0. The van der Waals surface area contributed by atoms with Crippen molar-refractivity contribution >= 4 is 70.9 Å². The van der Waals surface area contributed by atoms with Gasteiger partial charge >= 0.3 is 12.4 Å². The van der Waals surface area contributed by atoms with Crippen molar-refractivity contribution in [3.8, 4) is 0 Å². The van der Waals surface area contributed by atoms with Crippen molar-refractivity contribution in [3.05, 3.63) is 0 Å². The Labute approximate surface area is 684 Å². The molecule has 9 fully saturated rings. The van der Waals surface area contributed by atoms with Crippen LogP contribution in [0.2, 0.25) is 0 Å². The van der Waals surface area contributed by atoms with Crippen LogP contribution >= 0.6 is 0 Å². The van der Waals surface area contributed by atoms with E-state index >= 15 is 56.7 Å². The Morgan fingerprint density at radius 2 is 1.21 bits per heavy atom. The zero-order chi connectivity index (χ0) is 85.7. The second-order valence-electron chi connectivity index (χ2n) is 35.7. The molecule has 117 heavy (non-hydrogen) atoms. The van der Waals surface area contributed by atoms with Gasteiger partial charge in [-0.15, -0.1) is 0 Å². The number of likely N-dealkylation sites (N-methyl/N-ethyl adjacent to an activating group) is 5. The number of morpholine rings is 1. The molecule has 5 aliphatic carbocycles. The van der Waals surface area contributed by atoms with Crippen LogP contribution < -0.4 is 16.0 Å². The van der Waals surface area contributed by atoms with Crippen LogP contribution in [0.5, 0.6) is 0 Å². The van der Waals surface area contributed by atoms with Crippen LogP contribution in [-0.2, 0) is 67.0 Å². The van der Waals surface area contributed by atoms with Gasteiger partial charge in [-0.25, -0.2) is 8.78 Å². The van der Waals surface area contributed by atoms with Gasteiger partial charge in [-0.3, -0.25) is 57.5 Å². The van der Waals surface area contributed by atoms with E-state index in [0.29, 0.717) is 51.4 Å². The third-order valence-electron chi connectivity index (χ3n) is 27.2. The van der Waals surface area contributed by atoms with Gasteiger partial charge in [-0.2, -0.15) is 26.3 Å². The molecule has 2 bridgehead atoms. The van der Waals surface area contributed by atoms with E-state index in [-0.39, 0.29) is 141 Å². The number of halogens is 8. The summed E-state index contributed by atoms with van der Waals surface area (Å²) in [4.78, 5) is 197. The summed E-state index contributed by atoms with van der Waals surface area (Å²) in [6.45, 7) is 7.71. The number of fused-ring (bicyclic) bond motifs is 3. The SMILES string of the molecule is CCO[C@@H]1C[C@H]2C(=O)NC3(CCC3)C(=O)N(C)[C@@H](C3CCCC3)C(=O)N(CCC3CCCCC3)[C@H](C(=O)N3CCOCC3)CC(=O)N(C)[C@@H](CC(C)C)C(=O)N[C@@H]([C@@H](C)CC)C(=O)N(C)CC(=O)N(C)[C@H]3CCCCN(C3=O)[C@@H](CC3CCC(C(F)(F)F)CC3)C(=O)N(C)CC(=O)N[C@@H](CCC3CC(F)C(C(F)(F)F)C(F)C3)C(=O)N2C1. The molecule has 5 saturated carbocycles. The lowest BCUT2D eigenvalue weighted by molar-refractivity contribution is -0.219. The highest BCUT2D eigenvalue weighted by molar-refractivity contribution is 6.01. The van der Waals surface area contributed by atoms with E-state index in [2.05, 4.69) is 16.0 Å². The molecule has 4 heterocycles. The number of alkyl halides is 8. The molecule has 1 spiro atoms. The quantitative estimate of drug-likeness (QED) is 0.123. The molecule has 12 atom stereocenters. The van der Waals surface area contributed by atoms with Crippen LogP contribution in [0.25, 0.3) is 0 Å². The minimum atomic E-state index is -5.22. The summed E-state index contributed by atoms with van der Waals surface area (Å²) < 4.78 is 128. The molecule has 4 aliphatic heterocycles. The van der Waals surface area contributed by atoms with Gasteiger partial charge in [0.25, 0.3) is 0 Å². The molecule has 0 radical (unpaired) electrons. The van der Waals surface area contributed by atoms with Crippen LogP contribution in [0.4, 0.5) is 35.1 Å². The first-order valence-corrected chi connectivity index (χ1v) is 43.3. The Kier molecular flexibility index (Phi) is 33.3. The van der Waals surface area contributed by atoms with Gasteiger partial charge in [-0.1, -0.05) is 79.1 Å². The average Bonchev–Trinajstić information content (AvgIpc) is 1.69. The number of ether oxygens (including phenoxy) is 2. The Hall–Kier alpha value is -7.00. The summed E-state index contributed by atoms with van der Waals surface area (Å²) in [6, 6.07) is -11.2. The molecule has 662 valence electrons. The zero-order valence-corrected chi connectivity index (χ0v) is 70.3. The zero-order valence-electron chi connectivity index (χ0n) is 70.3. The second-order valence-corrected chi connectivity index (χ2v) is 35.7. The molecular formula is C83H130F8N12O14. The number of hydrogen-bond acceptors (Lipinski definition) is 14. The first kappa shape index (κ1) is 93.9. The number of rotatable bonds is 16. The molecule has 0 aromatic heterocycles. The van der Waals surface area contributed by atoms with Crippen molar-refractivity contribution in [3.63, 3.8) is 0 Å². The van der Waals surface area contributed by atoms with E-state index < -0.39 is 230 Å². The lowest BCUT2D eigenvalue weighted by Gasteiger charge is -2.47. The third kappa shape index (κ3) is 23.4. The van der Waals surface area contributed by atoms with Crippen molar-refractivity contribution in [2.24, 2.45) is 47.3 Å². The smallest absolute Gasteiger partial charge is 0.378 e. The van der Waals surface area contributed by atoms with E-state index in [9.17, 15) is 35.9 Å². The van der Waals surface area contributed by atoms with Crippen LogP contribution in [0.3, 0.4) is 0 Å². The number of hydrogen-bond donors (Lipinski definition) is 3. The first-order chi connectivity index (χ1) is 55.3. The van der Waals surface area contributed by atoms with Crippen molar-refractivity contribution in [2.75, 3.05) is 101 Å². The third-order valence-corrected chi connectivity index (χ3v) is 27.2. The standard InChI is InChI=1S/C83H130F8N12O14/c1-11-51(5)70-78(113)96(7)49-68(106)97(8)61-25-18-19-35-101(77(61)112)64(44-53-26-29-56(30-27-53)82(86,87)88)75(110)95(6)48-66(104)92-60(31-28-54-42-58(84)69(59(85)43-54)83(89,90)91)74(109)103-47-57(117-12-2)45-63(103)73(108)94-81(33-20-34-81)80(115)99(10)71(55-23-16-17-24-55)79(114)102(36-32-52-21-14-13-15-22-52)65(76(111)100-37-39-116-40-38-100)46-67(105)98(9)62(41-50(3)4)72(107)93-70/h50-65,69-71H,11-49H2,1-10H3,(H,92,104)(H,93,107)(H,94,108)/t51-,53?,54?,56?,57+,58?,59?,60-,61-,62-,63-,64-,65-,69?,70-,71-/m0/s1. The second kappa shape index (κ2) is 41.5. The average molecular weight is 1670 g/mol. The van der Waals surface area contributed by atoms with Crippen molar-refractivity contribution in [1.29, 1.82) is 0 Å². The van der Waals surface area contributed by atoms with Gasteiger partial charge in [0, 0.05) is 81.0 Å². The maximum absolute atomic E-state index is 16.6. The molecule has 26 nitrogen and oxygen atoms in total. The highest BCUT2D eigenvalue weighted by Gasteiger charge is 2.57. The Bertz CT molecular complexity index is 3430. The predicted octanol–water partition coefficient (Wildman–Crippen LogP) is 8.30. The molecule has 34 heteroatoms. The molecule has 3 N–H and O–H groups in total. The number of carbonyl (C=O) groups is 12. The monoisotopic (exact) mass is 1670 g/mol. The van der Waals surface area contributed by atoms with Crippen molar-refractivity contribution < 1.29 is 102 Å². The van der Waals surface area contributed by atoms with Gasteiger partial charge in [0.2, 0.25) is 70.9 Å². The fourth-order valence-electron chi connectivity index (χ4n) is 19.8. The maximum Gasteiger partial charge on any atom is 0.397 e. The van der Waals surface area contributed by atoms with Gasteiger partial charge in [0.15, 0.2) is 0 Å². The Morgan fingerprint density at radius 3 is 1.79 bits per heavy atom. The summed E-state index contributed by atoms with van der Waals surface area (Å²) in [7, 11) is 6.87. The first-order valence-electron chi connectivity index (χ1n) is 43.3. The maximum atomic E-state index is 16.6. The van der Waals surface area contributed by atoms with Crippen LogP contribution in [-0.4, -0.2) is 301 Å². The van der Waals surface area contributed by atoms with E-state index in [4.69, 9.17) is 9.47 Å². The largest absolute Gasteiger partial charge is 0.397 e. The molecule has 9 rings (SSSR count). The Balaban J connectivity index is 1.13. The molecule has 0 aromatic rings. The molecule has 2 unspecified atom stereocenters. The minimum Gasteiger partial charge on any atom is -0.378 e. The fourth-order valence-corrected chi connectivity index (χ4v) is 19.8. The molecular weight excluding hydrogens is 1540 g/mol. The van der Waals surface area contributed by atoms with E-state index in [1.165, 1.54) is 54.8 Å². The van der Waals surface area contributed by atoms with E-state index in [1.54, 1.807) is 25.7 Å². The molecule has 12 amide bonds. The summed E-state index contributed by atoms with van der Waals surface area (Å²) in [5.74, 6) is -16.4.